The minimum Gasteiger partial charge on any atom is -0.491 e. The molecule has 1 atom stereocenters. The van der Waals surface area contributed by atoms with Crippen molar-refractivity contribution < 1.29 is 19.1 Å². The average molecular weight is 494 g/mol. The molecule has 1 aliphatic rings. The lowest BCUT2D eigenvalue weighted by Crippen LogP contribution is -2.50. The summed E-state index contributed by atoms with van der Waals surface area (Å²) >= 11 is 7.68. The van der Waals surface area contributed by atoms with E-state index in [0.29, 0.717) is 50.0 Å². The molecule has 0 fully saturated rings. The number of rotatable bonds is 11. The van der Waals surface area contributed by atoms with Crippen LogP contribution in [0.2, 0.25) is 5.02 Å². The zero-order valence-electron chi connectivity index (χ0n) is 19.2. The van der Waals surface area contributed by atoms with E-state index >= 15 is 0 Å². The van der Waals surface area contributed by atoms with E-state index in [1.165, 1.54) is 4.88 Å². The van der Waals surface area contributed by atoms with Gasteiger partial charge in [-0.25, -0.2) is 4.79 Å². The Bertz CT molecular complexity index is 905. The van der Waals surface area contributed by atoms with Crippen LogP contribution in [-0.2, 0) is 16.0 Å². The Labute approximate surface area is 204 Å². The highest BCUT2D eigenvalue weighted by Crippen LogP contribution is 2.34. The smallest absolute Gasteiger partial charge is 0.317 e. The predicted octanol–water partition coefficient (Wildman–Crippen LogP) is 4.36. The van der Waals surface area contributed by atoms with E-state index in [4.69, 9.17) is 21.1 Å². The topological polar surface area (TPSA) is 71.1 Å². The molecule has 33 heavy (non-hydrogen) atoms. The van der Waals surface area contributed by atoms with Crippen LogP contribution >= 0.6 is 22.9 Å². The van der Waals surface area contributed by atoms with Crippen LogP contribution in [0, 0.1) is 0 Å². The van der Waals surface area contributed by atoms with Gasteiger partial charge >= 0.3 is 6.03 Å². The van der Waals surface area contributed by atoms with Gasteiger partial charge in [-0.2, -0.15) is 0 Å². The van der Waals surface area contributed by atoms with Crippen LogP contribution in [0.4, 0.5) is 4.79 Å². The third kappa shape index (κ3) is 7.09. The number of hydrogen-bond acceptors (Lipinski definition) is 5. The minimum absolute atomic E-state index is 0.0240. The van der Waals surface area contributed by atoms with Gasteiger partial charge in [0.25, 0.3) is 0 Å². The molecule has 3 rings (SSSR count). The van der Waals surface area contributed by atoms with Crippen LogP contribution in [0.15, 0.2) is 35.7 Å². The molecular formula is C24H32ClN3O4S. The van der Waals surface area contributed by atoms with Gasteiger partial charge in [0.15, 0.2) is 0 Å². The molecule has 0 saturated carbocycles. The number of halogens is 1. The third-order valence-corrected chi connectivity index (χ3v) is 6.80. The minimum atomic E-state index is -0.219. The molecule has 1 aliphatic heterocycles. The number of ether oxygens (including phenoxy) is 2. The number of urea groups is 1. The Morgan fingerprint density at radius 2 is 2.06 bits per heavy atom. The van der Waals surface area contributed by atoms with Crippen molar-refractivity contribution in [1.82, 2.24) is 15.1 Å². The Morgan fingerprint density at radius 3 is 2.79 bits per heavy atom. The maximum atomic E-state index is 13.4. The molecule has 2 aromatic rings. The molecule has 0 unspecified atom stereocenters. The van der Waals surface area contributed by atoms with Gasteiger partial charge in [-0.1, -0.05) is 18.5 Å². The van der Waals surface area contributed by atoms with Gasteiger partial charge in [0.05, 0.1) is 6.04 Å². The molecule has 2 heterocycles. The summed E-state index contributed by atoms with van der Waals surface area (Å²) < 4.78 is 11.2. The van der Waals surface area contributed by atoms with Crippen LogP contribution in [0.25, 0.3) is 0 Å². The lowest BCUT2D eigenvalue weighted by molar-refractivity contribution is -0.135. The van der Waals surface area contributed by atoms with Crippen LogP contribution in [0.3, 0.4) is 0 Å². The van der Waals surface area contributed by atoms with Crippen molar-refractivity contribution in [3.05, 3.63) is 51.2 Å². The monoisotopic (exact) mass is 493 g/mol. The van der Waals surface area contributed by atoms with Gasteiger partial charge in [0, 0.05) is 43.3 Å². The zero-order chi connectivity index (χ0) is 23.6. The lowest BCUT2D eigenvalue weighted by Gasteiger charge is -2.37. The largest absolute Gasteiger partial charge is 0.491 e. The Hall–Kier alpha value is -2.29. The van der Waals surface area contributed by atoms with E-state index in [1.807, 2.05) is 24.0 Å². The van der Waals surface area contributed by atoms with Gasteiger partial charge < -0.3 is 24.6 Å². The first-order valence-corrected chi connectivity index (χ1v) is 12.5. The second-order valence-electron chi connectivity index (χ2n) is 7.92. The molecule has 3 amide bonds. The number of nitrogens with one attached hydrogen (secondary N) is 1. The molecule has 0 spiro atoms. The van der Waals surface area contributed by atoms with E-state index in [2.05, 4.69) is 16.8 Å². The van der Waals surface area contributed by atoms with Crippen LogP contribution in [0.1, 0.15) is 36.2 Å². The average Bonchev–Trinajstić information content (AvgIpc) is 3.30. The maximum Gasteiger partial charge on any atom is 0.317 e. The molecule has 1 N–H and O–H groups in total. The van der Waals surface area contributed by atoms with E-state index in [9.17, 15) is 9.59 Å². The van der Waals surface area contributed by atoms with Gasteiger partial charge in [-0.15, -0.1) is 11.3 Å². The molecule has 9 heteroatoms. The van der Waals surface area contributed by atoms with Crippen molar-refractivity contribution in [2.75, 3.05) is 46.5 Å². The van der Waals surface area contributed by atoms with E-state index in [1.54, 1.807) is 35.5 Å². The second kappa shape index (κ2) is 12.8. The maximum absolute atomic E-state index is 13.4. The molecule has 0 saturated heterocycles. The van der Waals surface area contributed by atoms with Gasteiger partial charge in [-0.05, 0) is 60.5 Å². The van der Waals surface area contributed by atoms with E-state index in [-0.39, 0.29) is 24.5 Å². The summed E-state index contributed by atoms with van der Waals surface area (Å²) in [5, 5.41) is 5.59. The molecule has 1 aromatic heterocycles. The second-order valence-corrected chi connectivity index (χ2v) is 9.35. The first-order chi connectivity index (χ1) is 16.0. The number of methoxy groups -OCH3 is 1. The van der Waals surface area contributed by atoms with Crippen molar-refractivity contribution in [3.63, 3.8) is 0 Å². The van der Waals surface area contributed by atoms with Crippen molar-refractivity contribution in [3.8, 4) is 5.75 Å². The van der Waals surface area contributed by atoms with Crippen LogP contribution in [-0.4, -0.2) is 68.2 Å². The number of fused-ring (bicyclic) bond motifs is 1. The fraction of sp³-hybridized carbons (Fsp3) is 0.500. The van der Waals surface area contributed by atoms with Gasteiger partial charge in [-0.3, -0.25) is 4.79 Å². The number of benzene rings is 1. The normalized spacial score (nSPS) is 15.1. The van der Waals surface area contributed by atoms with Gasteiger partial charge in [0.1, 0.15) is 18.9 Å². The zero-order valence-corrected chi connectivity index (χ0v) is 20.8. The fourth-order valence-electron chi connectivity index (χ4n) is 3.83. The van der Waals surface area contributed by atoms with Crippen molar-refractivity contribution in [1.29, 1.82) is 0 Å². The SMILES string of the molecule is CCCNC(=O)N(CCCOC)CC(=O)N1CCc2sccc2[C@@H]1COc1ccc(Cl)cc1. The quantitative estimate of drug-likeness (QED) is 0.472. The van der Waals surface area contributed by atoms with Crippen molar-refractivity contribution in [2.24, 2.45) is 0 Å². The van der Waals surface area contributed by atoms with Crippen LogP contribution in [0.5, 0.6) is 5.75 Å². The number of hydrogen-bond donors (Lipinski definition) is 1. The number of carbonyl (C=O) groups excluding carboxylic acids is 2. The fourth-order valence-corrected chi connectivity index (χ4v) is 4.88. The molecule has 180 valence electrons. The summed E-state index contributed by atoms with van der Waals surface area (Å²) in [4.78, 5) is 30.8. The van der Waals surface area contributed by atoms with Crippen molar-refractivity contribution in [2.45, 2.75) is 32.2 Å². The lowest BCUT2D eigenvalue weighted by atomic mass is 10.0. The van der Waals surface area contributed by atoms with Crippen molar-refractivity contribution >= 4 is 34.9 Å². The molecule has 7 nitrogen and oxygen atoms in total. The molecule has 1 aromatic carbocycles. The molecule has 0 aliphatic carbocycles. The third-order valence-electron chi connectivity index (χ3n) is 5.55. The summed E-state index contributed by atoms with van der Waals surface area (Å²) in [5.41, 5.74) is 1.12. The van der Waals surface area contributed by atoms with E-state index in [0.717, 1.165) is 18.4 Å². The van der Waals surface area contributed by atoms with Crippen LogP contribution < -0.4 is 10.1 Å². The van der Waals surface area contributed by atoms with Gasteiger partial charge in [0.2, 0.25) is 5.91 Å². The highest BCUT2D eigenvalue weighted by molar-refractivity contribution is 7.10. The summed E-state index contributed by atoms with van der Waals surface area (Å²) in [7, 11) is 1.63. The highest BCUT2D eigenvalue weighted by Gasteiger charge is 2.33. The first-order valence-electron chi connectivity index (χ1n) is 11.3. The molecule has 0 bridgehead atoms. The summed E-state index contributed by atoms with van der Waals surface area (Å²) in [6, 6.07) is 8.85. The Kier molecular flexibility index (Phi) is 9.84. The number of amides is 3. The molecule has 0 radical (unpaired) electrons. The number of carbonyl (C=O) groups is 2. The molecular weight excluding hydrogens is 462 g/mol. The Balaban J connectivity index is 1.71. The standard InChI is InChI=1S/C24H32ClN3O4S/c1-3-11-26-24(30)27(12-4-14-31-2)16-23(29)28-13-9-22-20(10-15-33-22)21(28)17-32-19-7-5-18(25)6-8-19/h5-8,10,15,21H,3-4,9,11-14,16-17H2,1-2H3,(H,26,30)/t21-/m0/s1. The Morgan fingerprint density at radius 1 is 1.27 bits per heavy atom. The summed E-state index contributed by atoms with van der Waals surface area (Å²) in [6.07, 6.45) is 2.31. The summed E-state index contributed by atoms with van der Waals surface area (Å²) in [5.74, 6) is 0.620. The first kappa shape index (κ1) is 25.3. The number of thiophene rings is 1. The predicted molar refractivity (Wildman–Crippen MR) is 131 cm³/mol. The summed E-state index contributed by atoms with van der Waals surface area (Å²) in [6.45, 7) is 4.53. The highest BCUT2D eigenvalue weighted by atomic mass is 35.5. The van der Waals surface area contributed by atoms with E-state index < -0.39 is 0 Å². The number of nitrogens with zero attached hydrogens (tertiary/aromatic N) is 2.